The summed E-state index contributed by atoms with van der Waals surface area (Å²) in [6.45, 7) is 8.82. The van der Waals surface area contributed by atoms with Gasteiger partial charge in [-0.2, -0.15) is 15.1 Å². The third-order valence-electron chi connectivity index (χ3n) is 4.88. The van der Waals surface area contributed by atoms with Gasteiger partial charge in [-0.15, -0.1) is 0 Å². The Morgan fingerprint density at radius 1 is 1.42 bits per heavy atom. The molecule has 168 valence electrons. The van der Waals surface area contributed by atoms with Crippen LogP contribution in [0.4, 0.5) is 5.82 Å². The van der Waals surface area contributed by atoms with Crippen LogP contribution in [0.25, 0.3) is 11.0 Å². The first kappa shape index (κ1) is 23.8. The van der Waals surface area contributed by atoms with Crippen LogP contribution in [0.2, 0.25) is 5.28 Å². The minimum absolute atomic E-state index is 0.0912. The fraction of sp³-hybridized carbons (Fsp3) is 0.450. The number of anilines is 1. The Balaban J connectivity index is 1.74. The van der Waals surface area contributed by atoms with Crippen LogP contribution in [0.3, 0.4) is 0 Å². The van der Waals surface area contributed by atoms with Crippen LogP contribution in [0.15, 0.2) is 43.2 Å². The van der Waals surface area contributed by atoms with Crippen molar-refractivity contribution in [3.63, 3.8) is 0 Å². The molecule has 3 rings (SSSR count). The number of nitrogens with zero attached hydrogens (tertiary/aromatic N) is 5. The predicted molar refractivity (Wildman–Crippen MR) is 122 cm³/mol. The number of likely N-dealkylation sites (N-methyl/N-ethyl adjacent to an activating group) is 1. The molecule has 11 heteroatoms. The van der Waals surface area contributed by atoms with E-state index in [1.54, 1.807) is 23.0 Å². The van der Waals surface area contributed by atoms with Gasteiger partial charge in [0.05, 0.1) is 30.9 Å². The molecule has 0 bridgehead atoms. The van der Waals surface area contributed by atoms with Crippen LogP contribution in [0, 0.1) is 0 Å². The lowest BCUT2D eigenvalue weighted by Crippen LogP contribution is -2.21. The number of allylic oxidation sites excluding steroid dienone is 2. The number of halogens is 1. The van der Waals surface area contributed by atoms with Crippen molar-refractivity contribution < 1.29 is 19.3 Å². The summed E-state index contributed by atoms with van der Waals surface area (Å²) >= 11 is 6.23. The minimum atomic E-state index is -1.93. The van der Waals surface area contributed by atoms with Gasteiger partial charge in [0, 0.05) is 19.8 Å². The maximum Gasteiger partial charge on any atom is 0.226 e. The Hall–Kier alpha value is -1.87. The zero-order valence-electron chi connectivity index (χ0n) is 17.4. The van der Waals surface area contributed by atoms with Crippen molar-refractivity contribution >= 4 is 36.8 Å². The van der Waals surface area contributed by atoms with Gasteiger partial charge in [-0.25, -0.2) is 4.68 Å². The largest absolute Gasteiger partial charge is 0.378 e. The number of hydrogen-bond acceptors (Lipinski definition) is 8. The third-order valence-corrected chi connectivity index (χ3v) is 5.63. The van der Waals surface area contributed by atoms with E-state index in [0.29, 0.717) is 31.2 Å². The predicted octanol–water partition coefficient (Wildman–Crippen LogP) is 3.21. The van der Waals surface area contributed by atoms with Gasteiger partial charge in [0.2, 0.25) is 5.28 Å². The van der Waals surface area contributed by atoms with E-state index in [1.165, 1.54) is 0 Å². The second-order valence-corrected chi connectivity index (χ2v) is 8.67. The first-order valence-corrected chi connectivity index (χ1v) is 11.7. The minimum Gasteiger partial charge on any atom is -0.378 e. The second-order valence-electron chi connectivity index (χ2n) is 7.14. The normalized spacial score (nSPS) is 19.3. The summed E-state index contributed by atoms with van der Waals surface area (Å²) in [5.41, 5.74) is 1.59. The van der Waals surface area contributed by atoms with E-state index < -0.39 is 8.38 Å². The van der Waals surface area contributed by atoms with E-state index in [0.717, 1.165) is 23.8 Å². The molecule has 2 aromatic heterocycles. The molecule has 9 nitrogen and oxygen atoms in total. The fourth-order valence-electron chi connectivity index (χ4n) is 3.42. The quantitative estimate of drug-likeness (QED) is 0.224. The van der Waals surface area contributed by atoms with Gasteiger partial charge < -0.3 is 24.2 Å². The van der Waals surface area contributed by atoms with Gasteiger partial charge >= 0.3 is 0 Å². The van der Waals surface area contributed by atoms with Gasteiger partial charge in [-0.1, -0.05) is 31.4 Å². The fourth-order valence-corrected chi connectivity index (χ4v) is 3.87. The molecule has 0 spiro atoms. The molecule has 2 aromatic rings. The van der Waals surface area contributed by atoms with E-state index in [-0.39, 0.29) is 23.8 Å². The molecule has 2 unspecified atom stereocenters. The van der Waals surface area contributed by atoms with Crippen molar-refractivity contribution in [2.45, 2.75) is 25.2 Å². The first-order valence-electron chi connectivity index (χ1n) is 9.87. The molecule has 31 heavy (non-hydrogen) atoms. The molecule has 1 aliphatic rings. The molecule has 0 aromatic carbocycles. The van der Waals surface area contributed by atoms with Crippen LogP contribution in [-0.2, 0) is 9.47 Å². The monoisotopic (exact) mass is 467 g/mol. The summed E-state index contributed by atoms with van der Waals surface area (Å²) in [5.74, 6) is 0.667. The zero-order valence-corrected chi connectivity index (χ0v) is 19.0. The van der Waals surface area contributed by atoms with Crippen LogP contribution < -0.4 is 4.90 Å². The van der Waals surface area contributed by atoms with Crippen LogP contribution in [-0.4, -0.2) is 68.6 Å². The van der Waals surface area contributed by atoms with E-state index in [9.17, 15) is 0 Å². The molecule has 2 atom stereocenters. The maximum atomic E-state index is 8.94. The lowest BCUT2D eigenvalue weighted by Gasteiger charge is -2.20. The average molecular weight is 468 g/mol. The van der Waals surface area contributed by atoms with Gasteiger partial charge in [-0.3, -0.25) is 0 Å². The van der Waals surface area contributed by atoms with Crippen LogP contribution >= 0.6 is 20.0 Å². The highest BCUT2D eigenvalue weighted by Crippen LogP contribution is 2.33. The van der Waals surface area contributed by atoms with E-state index in [2.05, 4.69) is 28.2 Å². The standard InChI is InChI=1S/C20H27ClN5O4P/c1-4-6-14(5-2)12-25(3)18-16-11-22-26(19(16)24-20(21)23-18)17-8-7-15(30-17)13-29-9-10-31(27)28/h4-6,11,15,17,27-28H,1-2,7-10,12-13H2,3H3/b14-6+. The Labute approximate surface area is 187 Å². The highest BCUT2D eigenvalue weighted by molar-refractivity contribution is 7.45. The number of ether oxygens (including phenoxy) is 2. The van der Waals surface area contributed by atoms with Gasteiger partial charge in [-0.05, 0) is 30.0 Å². The van der Waals surface area contributed by atoms with Crippen molar-refractivity contribution in [1.29, 1.82) is 0 Å². The molecule has 0 saturated carbocycles. The van der Waals surface area contributed by atoms with Gasteiger partial charge in [0.1, 0.15) is 5.82 Å². The molecule has 0 aliphatic carbocycles. The summed E-state index contributed by atoms with van der Waals surface area (Å²) < 4.78 is 13.3. The van der Waals surface area contributed by atoms with E-state index in [4.69, 9.17) is 30.9 Å². The van der Waals surface area contributed by atoms with Crippen molar-refractivity contribution in [2.24, 2.45) is 0 Å². The number of rotatable bonds is 11. The van der Waals surface area contributed by atoms with Crippen molar-refractivity contribution in [3.8, 4) is 0 Å². The number of hydrogen-bond donors (Lipinski definition) is 2. The molecule has 1 fully saturated rings. The van der Waals surface area contributed by atoms with Crippen LogP contribution in [0.1, 0.15) is 19.1 Å². The summed E-state index contributed by atoms with van der Waals surface area (Å²) in [6.07, 6.45) is 8.53. The summed E-state index contributed by atoms with van der Waals surface area (Å²) in [6, 6.07) is 0. The Morgan fingerprint density at radius 3 is 2.94 bits per heavy atom. The van der Waals surface area contributed by atoms with Gasteiger partial charge in [0.25, 0.3) is 0 Å². The Kier molecular flexibility index (Phi) is 8.54. The molecule has 3 heterocycles. The molecular formula is C20H27ClN5O4P. The highest BCUT2D eigenvalue weighted by Gasteiger charge is 2.29. The lowest BCUT2D eigenvalue weighted by atomic mass is 10.2. The molecular weight excluding hydrogens is 441 g/mol. The molecule has 1 saturated heterocycles. The maximum absolute atomic E-state index is 8.94. The molecule has 2 N–H and O–H groups in total. The molecule has 0 radical (unpaired) electrons. The summed E-state index contributed by atoms with van der Waals surface area (Å²) in [4.78, 5) is 28.6. The van der Waals surface area contributed by atoms with Gasteiger partial charge in [0.15, 0.2) is 20.3 Å². The summed E-state index contributed by atoms with van der Waals surface area (Å²) in [5, 5.41) is 5.41. The molecule has 1 aliphatic heterocycles. The smallest absolute Gasteiger partial charge is 0.226 e. The first-order chi connectivity index (χ1) is 14.9. The van der Waals surface area contributed by atoms with Crippen molar-refractivity contribution in [3.05, 3.63) is 48.4 Å². The average Bonchev–Trinajstić information content (AvgIpc) is 3.36. The number of fused-ring (bicyclic) bond motifs is 1. The van der Waals surface area contributed by atoms with E-state index in [1.807, 2.05) is 18.0 Å². The highest BCUT2D eigenvalue weighted by atomic mass is 35.5. The third kappa shape index (κ3) is 6.10. The van der Waals surface area contributed by atoms with E-state index >= 15 is 0 Å². The second kappa shape index (κ2) is 11.1. The number of aromatic nitrogens is 4. The van der Waals surface area contributed by atoms with Crippen LogP contribution in [0.5, 0.6) is 0 Å². The molecule has 0 amide bonds. The SMILES string of the molecule is C=C/C=C(\C=C)CN(C)c1nc(Cl)nc2c1cnn2C1CCC(COCCP(O)O)O1. The Morgan fingerprint density at radius 2 is 2.23 bits per heavy atom. The zero-order chi connectivity index (χ0) is 22.4. The topological polar surface area (TPSA) is 106 Å². The summed E-state index contributed by atoms with van der Waals surface area (Å²) in [7, 11) is -0.0116. The lowest BCUT2D eigenvalue weighted by molar-refractivity contribution is -0.0420. The van der Waals surface area contributed by atoms with Crippen molar-refractivity contribution in [2.75, 3.05) is 37.9 Å². The Bertz CT molecular complexity index is 951. The van der Waals surface area contributed by atoms with Crippen molar-refractivity contribution in [1.82, 2.24) is 19.7 Å².